The van der Waals surface area contributed by atoms with Gasteiger partial charge in [0.1, 0.15) is 0 Å². The molecule has 1 heterocycles. The Morgan fingerprint density at radius 1 is 1.20 bits per heavy atom. The Labute approximate surface area is 123 Å². The zero-order chi connectivity index (χ0) is 14.0. The highest BCUT2D eigenvalue weighted by Crippen LogP contribution is 2.39. The minimum atomic E-state index is 0.553. The van der Waals surface area contributed by atoms with Crippen LogP contribution in [0.15, 0.2) is 24.3 Å². The van der Waals surface area contributed by atoms with Crippen LogP contribution in [0.5, 0.6) is 0 Å². The maximum absolute atomic E-state index is 3.66. The Morgan fingerprint density at radius 3 is 2.60 bits per heavy atom. The van der Waals surface area contributed by atoms with E-state index in [1.807, 2.05) is 0 Å². The quantitative estimate of drug-likeness (QED) is 0.843. The number of para-hydroxylation sites is 1. The van der Waals surface area contributed by atoms with Crippen LogP contribution in [0, 0.1) is 5.41 Å². The predicted octanol–water partition coefficient (Wildman–Crippen LogP) is 3.96. The summed E-state index contributed by atoms with van der Waals surface area (Å²) in [5, 5.41) is 3.66. The molecule has 20 heavy (non-hydrogen) atoms. The second-order valence-corrected chi connectivity index (χ2v) is 6.66. The van der Waals surface area contributed by atoms with Crippen LogP contribution >= 0.6 is 0 Å². The van der Waals surface area contributed by atoms with E-state index in [2.05, 4.69) is 48.3 Å². The van der Waals surface area contributed by atoms with E-state index in [9.17, 15) is 0 Å². The summed E-state index contributed by atoms with van der Waals surface area (Å²) < 4.78 is 0. The van der Waals surface area contributed by atoms with Gasteiger partial charge in [-0.25, -0.2) is 0 Å². The van der Waals surface area contributed by atoms with Crippen molar-refractivity contribution in [1.82, 2.24) is 5.32 Å². The number of nitrogens with one attached hydrogen (secondary N) is 1. The lowest BCUT2D eigenvalue weighted by Gasteiger charge is -2.28. The summed E-state index contributed by atoms with van der Waals surface area (Å²) in [5.74, 6) is 0. The van der Waals surface area contributed by atoms with Gasteiger partial charge in [-0.05, 0) is 49.1 Å². The molecule has 0 atom stereocenters. The van der Waals surface area contributed by atoms with Gasteiger partial charge in [0.05, 0.1) is 0 Å². The van der Waals surface area contributed by atoms with Crippen molar-refractivity contribution in [3.63, 3.8) is 0 Å². The molecule has 0 amide bonds. The lowest BCUT2D eigenvalue weighted by molar-refractivity contribution is 0.301. The molecule has 1 aliphatic heterocycles. The van der Waals surface area contributed by atoms with Gasteiger partial charge in [0.15, 0.2) is 0 Å². The monoisotopic (exact) mass is 272 g/mol. The molecule has 2 fully saturated rings. The van der Waals surface area contributed by atoms with Crippen LogP contribution in [0.25, 0.3) is 0 Å². The number of benzene rings is 1. The fraction of sp³-hybridized carbons (Fsp3) is 0.667. The van der Waals surface area contributed by atoms with Crippen LogP contribution in [0.4, 0.5) is 5.69 Å². The zero-order valence-electron chi connectivity index (χ0n) is 13.0. The molecule has 0 aromatic heterocycles. The van der Waals surface area contributed by atoms with E-state index >= 15 is 0 Å². The van der Waals surface area contributed by atoms with Gasteiger partial charge < -0.3 is 10.2 Å². The highest BCUT2D eigenvalue weighted by molar-refractivity contribution is 5.54. The molecule has 110 valence electrons. The Bertz CT molecular complexity index is 446. The largest absolute Gasteiger partial charge is 0.371 e. The van der Waals surface area contributed by atoms with Gasteiger partial charge in [0, 0.05) is 31.4 Å². The Balaban J connectivity index is 1.73. The molecule has 0 radical (unpaired) electrons. The third-order valence-electron chi connectivity index (χ3n) is 5.43. The lowest BCUT2D eigenvalue weighted by atomic mass is 9.82. The molecule has 0 unspecified atom stereocenters. The molecular formula is C18H28N2. The average molecular weight is 272 g/mol. The molecule has 2 heteroatoms. The molecule has 0 spiro atoms. The average Bonchev–Trinajstić information content (AvgIpc) is 3.23. The van der Waals surface area contributed by atoms with Gasteiger partial charge >= 0.3 is 0 Å². The van der Waals surface area contributed by atoms with Crippen LogP contribution in [0.1, 0.15) is 51.5 Å². The first-order chi connectivity index (χ1) is 9.76. The number of nitrogens with zero attached hydrogens (tertiary/aromatic N) is 1. The topological polar surface area (TPSA) is 15.3 Å². The summed E-state index contributed by atoms with van der Waals surface area (Å²) in [4.78, 5) is 2.62. The molecule has 1 aliphatic carbocycles. The minimum Gasteiger partial charge on any atom is -0.371 e. The van der Waals surface area contributed by atoms with Crippen molar-refractivity contribution in [3.8, 4) is 0 Å². The van der Waals surface area contributed by atoms with E-state index < -0.39 is 0 Å². The molecule has 1 N–H and O–H groups in total. The molecule has 1 saturated heterocycles. The van der Waals surface area contributed by atoms with Crippen LogP contribution in [-0.4, -0.2) is 19.1 Å². The Hall–Kier alpha value is -1.02. The first-order valence-corrected chi connectivity index (χ1v) is 8.32. The molecule has 1 aromatic carbocycles. The van der Waals surface area contributed by atoms with Crippen molar-refractivity contribution in [3.05, 3.63) is 29.8 Å². The predicted molar refractivity (Wildman–Crippen MR) is 86.1 cm³/mol. The summed E-state index contributed by atoms with van der Waals surface area (Å²) >= 11 is 0. The van der Waals surface area contributed by atoms with Gasteiger partial charge in [0.25, 0.3) is 0 Å². The van der Waals surface area contributed by atoms with Crippen LogP contribution < -0.4 is 10.2 Å². The molecule has 3 rings (SSSR count). The summed E-state index contributed by atoms with van der Waals surface area (Å²) in [6.07, 6.45) is 6.69. The molecule has 1 aromatic rings. The van der Waals surface area contributed by atoms with Gasteiger partial charge in [-0.2, -0.15) is 0 Å². The molecule has 2 nitrogen and oxygen atoms in total. The van der Waals surface area contributed by atoms with Gasteiger partial charge in [-0.1, -0.05) is 32.0 Å². The third-order valence-corrected chi connectivity index (χ3v) is 5.43. The number of rotatable bonds is 6. The SMILES string of the molecule is CCC1(CC)CCN(c2ccccc2CNC2CC2)C1. The van der Waals surface area contributed by atoms with E-state index in [0.29, 0.717) is 5.41 Å². The van der Waals surface area contributed by atoms with Crippen molar-refractivity contribution in [2.45, 2.75) is 58.5 Å². The second-order valence-electron chi connectivity index (χ2n) is 6.66. The maximum atomic E-state index is 3.66. The fourth-order valence-corrected chi connectivity index (χ4v) is 3.48. The van der Waals surface area contributed by atoms with Gasteiger partial charge in [0.2, 0.25) is 0 Å². The summed E-state index contributed by atoms with van der Waals surface area (Å²) in [5.41, 5.74) is 3.49. The molecule has 1 saturated carbocycles. The van der Waals surface area contributed by atoms with Crippen molar-refractivity contribution in [1.29, 1.82) is 0 Å². The van der Waals surface area contributed by atoms with Crippen LogP contribution in [0.2, 0.25) is 0 Å². The van der Waals surface area contributed by atoms with Gasteiger partial charge in [-0.15, -0.1) is 0 Å². The molecule has 2 aliphatic rings. The van der Waals surface area contributed by atoms with Crippen LogP contribution in [-0.2, 0) is 6.54 Å². The third kappa shape index (κ3) is 2.85. The number of hydrogen-bond acceptors (Lipinski definition) is 2. The Morgan fingerprint density at radius 2 is 1.95 bits per heavy atom. The van der Waals surface area contributed by atoms with Gasteiger partial charge in [-0.3, -0.25) is 0 Å². The summed E-state index contributed by atoms with van der Waals surface area (Å²) in [6, 6.07) is 9.75. The highest BCUT2D eigenvalue weighted by Gasteiger charge is 2.35. The fourth-order valence-electron chi connectivity index (χ4n) is 3.48. The highest BCUT2D eigenvalue weighted by atomic mass is 15.2. The first kappa shape index (κ1) is 13.9. The normalized spacial score (nSPS) is 21.4. The lowest BCUT2D eigenvalue weighted by Crippen LogP contribution is -2.27. The van der Waals surface area contributed by atoms with Crippen LogP contribution in [0.3, 0.4) is 0 Å². The summed E-state index contributed by atoms with van der Waals surface area (Å²) in [7, 11) is 0. The van der Waals surface area contributed by atoms with E-state index in [1.165, 1.54) is 56.4 Å². The van der Waals surface area contributed by atoms with E-state index in [0.717, 1.165) is 12.6 Å². The maximum Gasteiger partial charge on any atom is 0.0412 e. The Kier molecular flexibility index (Phi) is 4.02. The molecule has 0 bridgehead atoms. The molecular weight excluding hydrogens is 244 g/mol. The summed E-state index contributed by atoms with van der Waals surface area (Å²) in [6.45, 7) is 8.20. The van der Waals surface area contributed by atoms with Crippen molar-refractivity contribution < 1.29 is 0 Å². The van der Waals surface area contributed by atoms with Crippen molar-refractivity contribution in [2.24, 2.45) is 5.41 Å². The first-order valence-electron chi connectivity index (χ1n) is 8.32. The van der Waals surface area contributed by atoms with Crippen molar-refractivity contribution >= 4 is 5.69 Å². The number of hydrogen-bond donors (Lipinski definition) is 1. The van der Waals surface area contributed by atoms with Crippen molar-refractivity contribution in [2.75, 3.05) is 18.0 Å². The van der Waals surface area contributed by atoms with E-state index in [1.54, 1.807) is 0 Å². The zero-order valence-corrected chi connectivity index (χ0v) is 13.0. The smallest absolute Gasteiger partial charge is 0.0412 e. The second kappa shape index (κ2) is 5.77. The number of anilines is 1. The standard InChI is InChI=1S/C18H28N2/c1-3-18(4-2)11-12-20(14-18)17-8-6-5-7-15(17)13-19-16-9-10-16/h5-8,16,19H,3-4,9-14H2,1-2H3. The minimum absolute atomic E-state index is 0.553. The van der Waals surface area contributed by atoms with E-state index in [-0.39, 0.29) is 0 Å². The van der Waals surface area contributed by atoms with E-state index in [4.69, 9.17) is 0 Å².